The molecule has 0 amide bonds. The molecule has 2 N–H and O–H groups in total. The van der Waals surface area contributed by atoms with Crippen LogP contribution in [0.1, 0.15) is 29.7 Å². The molecule has 174 valence electrons. The summed E-state index contributed by atoms with van der Waals surface area (Å²) < 4.78 is 5.56. The van der Waals surface area contributed by atoms with E-state index in [0.29, 0.717) is 17.6 Å². The molecule has 0 bridgehead atoms. The molecule has 6 rings (SSSR count). The largest absolute Gasteiger partial charge is 0.378 e. The van der Waals surface area contributed by atoms with Gasteiger partial charge in [0.15, 0.2) is 0 Å². The third-order valence-corrected chi connectivity index (χ3v) is 7.87. The summed E-state index contributed by atoms with van der Waals surface area (Å²) in [5, 5.41) is 10.6. The first-order valence-corrected chi connectivity index (χ1v) is 12.0. The van der Waals surface area contributed by atoms with E-state index in [0.717, 1.165) is 49.3 Å². The number of pyridine rings is 1. The normalized spacial score (nSPS) is 26.5. The van der Waals surface area contributed by atoms with Crippen LogP contribution in [0.2, 0.25) is 0 Å². The molecule has 0 saturated carbocycles. The van der Waals surface area contributed by atoms with Gasteiger partial charge in [-0.15, -0.1) is 0 Å². The van der Waals surface area contributed by atoms with E-state index in [1.165, 1.54) is 16.8 Å². The molecule has 2 saturated heterocycles. The van der Waals surface area contributed by atoms with E-state index in [1.54, 1.807) is 13.3 Å². The molecule has 3 aliphatic heterocycles. The van der Waals surface area contributed by atoms with Gasteiger partial charge in [0.05, 0.1) is 29.3 Å². The highest BCUT2D eigenvalue weighted by molar-refractivity contribution is 5.95. The van der Waals surface area contributed by atoms with Crippen LogP contribution in [-0.4, -0.2) is 61.4 Å². The lowest BCUT2D eigenvalue weighted by Gasteiger charge is -2.43. The zero-order valence-corrected chi connectivity index (χ0v) is 19.7. The van der Waals surface area contributed by atoms with E-state index in [9.17, 15) is 5.26 Å². The summed E-state index contributed by atoms with van der Waals surface area (Å²) in [5.74, 6) is 0. The number of aromatic nitrogens is 1. The monoisotopic (exact) mass is 454 g/mol. The number of ether oxygens (including phenoxy) is 1. The molecule has 0 radical (unpaired) electrons. The number of anilines is 2. The minimum atomic E-state index is 0.0508. The maximum absolute atomic E-state index is 9.53. The summed E-state index contributed by atoms with van der Waals surface area (Å²) in [6, 6.07) is 18.1. The predicted octanol–water partition coefficient (Wildman–Crippen LogP) is 3.03. The summed E-state index contributed by atoms with van der Waals surface area (Å²) in [6.07, 6.45) is 1.85. The number of rotatable bonds is 3. The number of methoxy groups -OCH3 is 1. The second kappa shape index (κ2) is 8.24. The highest BCUT2D eigenvalue weighted by atomic mass is 16.5. The second-order valence-electron chi connectivity index (χ2n) is 9.81. The number of nitriles is 1. The van der Waals surface area contributed by atoms with Gasteiger partial charge in [0.2, 0.25) is 0 Å². The van der Waals surface area contributed by atoms with Crippen molar-refractivity contribution >= 4 is 22.3 Å². The first-order valence-electron chi connectivity index (χ1n) is 12.0. The van der Waals surface area contributed by atoms with E-state index in [4.69, 9.17) is 10.5 Å². The lowest BCUT2D eigenvalue weighted by atomic mass is 9.99. The SMILES string of the molecule is COC1CN(c2ccc3c(c2)CN2C3CN(c3ccc(C#N)c4ncccc34)C[C@H]2C)CC1N. The van der Waals surface area contributed by atoms with Crippen LogP contribution >= 0.6 is 0 Å². The van der Waals surface area contributed by atoms with Crippen LogP contribution in [0.15, 0.2) is 48.7 Å². The molecule has 4 heterocycles. The fourth-order valence-electron chi connectivity index (χ4n) is 6.09. The third kappa shape index (κ3) is 3.33. The van der Waals surface area contributed by atoms with Gasteiger partial charge in [-0.1, -0.05) is 6.07 Å². The molecule has 2 aromatic carbocycles. The summed E-state index contributed by atoms with van der Waals surface area (Å²) in [5.41, 5.74) is 12.9. The Bertz CT molecular complexity index is 1290. The summed E-state index contributed by atoms with van der Waals surface area (Å²) >= 11 is 0. The maximum atomic E-state index is 9.53. The van der Waals surface area contributed by atoms with Crippen molar-refractivity contribution in [3.05, 3.63) is 65.4 Å². The van der Waals surface area contributed by atoms with Crippen molar-refractivity contribution in [3.8, 4) is 6.07 Å². The van der Waals surface area contributed by atoms with Crippen LogP contribution in [0, 0.1) is 11.3 Å². The van der Waals surface area contributed by atoms with Crippen molar-refractivity contribution in [3.63, 3.8) is 0 Å². The van der Waals surface area contributed by atoms with Crippen LogP contribution < -0.4 is 15.5 Å². The van der Waals surface area contributed by atoms with Gasteiger partial charge in [0.25, 0.3) is 0 Å². The number of hydrogen-bond donors (Lipinski definition) is 1. The van der Waals surface area contributed by atoms with Crippen LogP contribution in [0.3, 0.4) is 0 Å². The van der Waals surface area contributed by atoms with E-state index >= 15 is 0 Å². The average Bonchev–Trinajstić information content (AvgIpc) is 3.43. The Morgan fingerprint density at radius 2 is 1.97 bits per heavy atom. The molecular formula is C27H30N6O. The Morgan fingerprint density at radius 1 is 1.09 bits per heavy atom. The Kier molecular flexibility index (Phi) is 5.18. The van der Waals surface area contributed by atoms with Gasteiger partial charge in [0.1, 0.15) is 6.07 Å². The number of benzene rings is 2. The quantitative estimate of drug-likeness (QED) is 0.651. The molecule has 1 aromatic heterocycles. The van der Waals surface area contributed by atoms with Crippen LogP contribution in [0.5, 0.6) is 0 Å². The van der Waals surface area contributed by atoms with Crippen molar-refractivity contribution in [1.82, 2.24) is 9.88 Å². The molecule has 3 aromatic rings. The van der Waals surface area contributed by atoms with Gasteiger partial charge in [-0.2, -0.15) is 5.26 Å². The fourth-order valence-corrected chi connectivity index (χ4v) is 6.09. The van der Waals surface area contributed by atoms with Crippen molar-refractivity contribution in [2.45, 2.75) is 37.7 Å². The van der Waals surface area contributed by atoms with Gasteiger partial charge in [-0.25, -0.2) is 0 Å². The smallest absolute Gasteiger partial charge is 0.101 e. The minimum absolute atomic E-state index is 0.0508. The Labute approximate surface area is 200 Å². The standard InChI is InChI=1S/C27H30N6O/c1-17-12-32(24-8-5-18(11-28)27-22(24)4-3-9-30-27)15-25-21-7-6-20(10-19(21)13-33(17)25)31-14-23(29)26(16-31)34-2/h3-10,17,23,25-26H,12-16,29H2,1-2H3/t17-,23?,25?,26?/m1/s1. The molecule has 0 aliphatic carbocycles. The highest BCUT2D eigenvalue weighted by Crippen LogP contribution is 2.42. The lowest BCUT2D eigenvalue weighted by molar-refractivity contribution is 0.108. The Hall–Kier alpha value is -3.18. The number of nitrogens with zero attached hydrogens (tertiary/aromatic N) is 5. The van der Waals surface area contributed by atoms with Crippen molar-refractivity contribution in [2.24, 2.45) is 5.73 Å². The van der Waals surface area contributed by atoms with Crippen LogP contribution in [0.25, 0.3) is 10.9 Å². The minimum Gasteiger partial charge on any atom is -0.378 e. The molecule has 7 heteroatoms. The van der Waals surface area contributed by atoms with Gasteiger partial charge >= 0.3 is 0 Å². The molecule has 34 heavy (non-hydrogen) atoms. The first-order chi connectivity index (χ1) is 16.6. The van der Waals surface area contributed by atoms with Crippen molar-refractivity contribution in [1.29, 1.82) is 5.26 Å². The van der Waals surface area contributed by atoms with Gasteiger partial charge < -0.3 is 20.3 Å². The van der Waals surface area contributed by atoms with Crippen LogP contribution in [0.4, 0.5) is 11.4 Å². The van der Waals surface area contributed by atoms with Crippen LogP contribution in [-0.2, 0) is 11.3 Å². The van der Waals surface area contributed by atoms with Gasteiger partial charge in [-0.3, -0.25) is 9.88 Å². The van der Waals surface area contributed by atoms with E-state index in [2.05, 4.69) is 63.0 Å². The number of piperazine rings is 1. The van der Waals surface area contributed by atoms with E-state index in [-0.39, 0.29) is 12.1 Å². The second-order valence-corrected chi connectivity index (χ2v) is 9.81. The van der Waals surface area contributed by atoms with Crippen molar-refractivity contribution in [2.75, 3.05) is 43.1 Å². The summed E-state index contributed by atoms with van der Waals surface area (Å²) in [6.45, 7) is 6.84. The molecular weight excluding hydrogens is 424 g/mol. The Balaban J connectivity index is 1.31. The third-order valence-electron chi connectivity index (χ3n) is 7.87. The molecule has 4 atom stereocenters. The topological polar surface area (TPSA) is 81.7 Å². The first kappa shape index (κ1) is 21.4. The summed E-state index contributed by atoms with van der Waals surface area (Å²) in [4.78, 5) is 12.0. The summed E-state index contributed by atoms with van der Waals surface area (Å²) in [7, 11) is 1.75. The van der Waals surface area contributed by atoms with E-state index < -0.39 is 0 Å². The van der Waals surface area contributed by atoms with Gasteiger partial charge in [0, 0.05) is 68.8 Å². The molecule has 0 spiro atoms. The highest BCUT2D eigenvalue weighted by Gasteiger charge is 2.40. The maximum Gasteiger partial charge on any atom is 0.101 e. The predicted molar refractivity (Wildman–Crippen MR) is 134 cm³/mol. The molecule has 7 nitrogen and oxygen atoms in total. The number of nitrogens with two attached hydrogens (primary N) is 1. The van der Waals surface area contributed by atoms with E-state index in [1.807, 2.05) is 12.1 Å². The average molecular weight is 455 g/mol. The number of fused-ring (bicyclic) bond motifs is 4. The fraction of sp³-hybridized carbons (Fsp3) is 0.407. The molecule has 3 aliphatic rings. The Morgan fingerprint density at radius 3 is 2.76 bits per heavy atom. The van der Waals surface area contributed by atoms with Gasteiger partial charge in [-0.05, 0) is 54.4 Å². The zero-order chi connectivity index (χ0) is 23.4. The lowest BCUT2D eigenvalue weighted by Crippen LogP contribution is -2.51. The van der Waals surface area contributed by atoms with Crippen molar-refractivity contribution < 1.29 is 4.74 Å². The number of hydrogen-bond acceptors (Lipinski definition) is 7. The molecule has 3 unspecified atom stereocenters. The molecule has 2 fully saturated rings. The zero-order valence-electron chi connectivity index (χ0n) is 19.7.